The van der Waals surface area contributed by atoms with Crippen molar-refractivity contribution in [3.63, 3.8) is 0 Å². The van der Waals surface area contributed by atoms with Crippen molar-refractivity contribution >= 4 is 17.8 Å². The standard InChI is InChI=1S/C24H28O4/c1-5-6-15-28-22(26)14-9-17-7-10-18(11-8-17)23(27)20-16-19(24(2,3)4)12-13-21(20)25/h7-14,16,25H,5-6,15H2,1-4H3/b14-9+. The van der Waals surface area contributed by atoms with E-state index in [0.29, 0.717) is 12.2 Å². The lowest BCUT2D eigenvalue weighted by atomic mass is 9.85. The van der Waals surface area contributed by atoms with Crippen molar-refractivity contribution in [3.8, 4) is 5.75 Å². The monoisotopic (exact) mass is 380 g/mol. The number of phenols is 1. The highest BCUT2D eigenvalue weighted by molar-refractivity contribution is 6.10. The molecule has 0 heterocycles. The smallest absolute Gasteiger partial charge is 0.330 e. The molecule has 0 aliphatic rings. The second kappa shape index (κ2) is 9.36. The molecule has 1 N–H and O–H groups in total. The van der Waals surface area contributed by atoms with Crippen molar-refractivity contribution < 1.29 is 19.4 Å². The maximum Gasteiger partial charge on any atom is 0.330 e. The fraction of sp³-hybridized carbons (Fsp3) is 0.333. The average Bonchev–Trinajstić information content (AvgIpc) is 2.66. The minimum atomic E-state index is -0.377. The molecule has 0 saturated heterocycles. The number of phenolic OH excluding ortho intramolecular Hbond substituents is 1. The predicted octanol–water partition coefficient (Wildman–Crippen LogP) is 5.28. The Morgan fingerprint density at radius 1 is 1.07 bits per heavy atom. The van der Waals surface area contributed by atoms with Gasteiger partial charge in [-0.15, -0.1) is 0 Å². The number of ketones is 1. The summed E-state index contributed by atoms with van der Waals surface area (Å²) in [5.41, 5.74) is 2.41. The van der Waals surface area contributed by atoms with E-state index in [1.165, 1.54) is 6.08 Å². The van der Waals surface area contributed by atoms with Gasteiger partial charge in [0, 0.05) is 11.6 Å². The first-order valence-corrected chi connectivity index (χ1v) is 9.55. The van der Waals surface area contributed by atoms with Crippen LogP contribution in [0.2, 0.25) is 0 Å². The first-order valence-electron chi connectivity index (χ1n) is 9.55. The fourth-order valence-electron chi connectivity index (χ4n) is 2.62. The number of unbranched alkanes of at least 4 members (excludes halogenated alkanes) is 1. The van der Waals surface area contributed by atoms with Gasteiger partial charge in [-0.3, -0.25) is 4.79 Å². The van der Waals surface area contributed by atoms with Gasteiger partial charge in [0.05, 0.1) is 12.2 Å². The molecule has 0 aliphatic carbocycles. The molecule has 2 aromatic rings. The average molecular weight is 380 g/mol. The zero-order valence-corrected chi connectivity index (χ0v) is 17.0. The van der Waals surface area contributed by atoms with Crippen LogP contribution in [0, 0.1) is 0 Å². The lowest BCUT2D eigenvalue weighted by Crippen LogP contribution is -2.12. The van der Waals surface area contributed by atoms with E-state index in [4.69, 9.17) is 4.74 Å². The van der Waals surface area contributed by atoms with Crippen molar-refractivity contribution in [3.05, 3.63) is 70.8 Å². The Balaban J connectivity index is 2.13. The van der Waals surface area contributed by atoms with Crippen molar-refractivity contribution in [1.29, 1.82) is 0 Å². The number of benzene rings is 2. The van der Waals surface area contributed by atoms with E-state index >= 15 is 0 Å². The van der Waals surface area contributed by atoms with Crippen LogP contribution in [0.25, 0.3) is 6.08 Å². The van der Waals surface area contributed by atoms with Crippen LogP contribution in [0.1, 0.15) is 67.6 Å². The summed E-state index contributed by atoms with van der Waals surface area (Å²) in [5, 5.41) is 10.1. The molecule has 28 heavy (non-hydrogen) atoms. The Bertz CT molecular complexity index is 855. The Labute approximate surface area is 166 Å². The summed E-state index contributed by atoms with van der Waals surface area (Å²) in [7, 11) is 0. The molecular weight excluding hydrogens is 352 g/mol. The molecule has 2 rings (SSSR count). The Kier molecular flexibility index (Phi) is 7.16. The van der Waals surface area contributed by atoms with Crippen LogP contribution in [-0.4, -0.2) is 23.5 Å². The van der Waals surface area contributed by atoms with Gasteiger partial charge in [0.2, 0.25) is 0 Å². The van der Waals surface area contributed by atoms with Crippen molar-refractivity contribution in [2.24, 2.45) is 0 Å². The highest BCUT2D eigenvalue weighted by Crippen LogP contribution is 2.29. The fourth-order valence-corrected chi connectivity index (χ4v) is 2.62. The van der Waals surface area contributed by atoms with Gasteiger partial charge >= 0.3 is 5.97 Å². The summed E-state index contributed by atoms with van der Waals surface area (Å²) in [6, 6.07) is 12.0. The summed E-state index contributed by atoms with van der Waals surface area (Å²) in [4.78, 5) is 24.4. The van der Waals surface area contributed by atoms with Gasteiger partial charge in [-0.1, -0.05) is 64.4 Å². The van der Waals surface area contributed by atoms with Crippen LogP contribution in [0.5, 0.6) is 5.75 Å². The number of aromatic hydroxyl groups is 1. The highest BCUT2D eigenvalue weighted by Gasteiger charge is 2.19. The van der Waals surface area contributed by atoms with Gasteiger partial charge < -0.3 is 9.84 Å². The van der Waals surface area contributed by atoms with Gasteiger partial charge in [-0.25, -0.2) is 4.79 Å². The van der Waals surface area contributed by atoms with Crippen molar-refractivity contribution in [2.75, 3.05) is 6.61 Å². The quantitative estimate of drug-likeness (QED) is 0.307. The second-order valence-corrected chi connectivity index (χ2v) is 7.79. The van der Waals surface area contributed by atoms with Crippen molar-refractivity contribution in [2.45, 2.75) is 46.0 Å². The van der Waals surface area contributed by atoms with E-state index in [0.717, 1.165) is 24.0 Å². The van der Waals surface area contributed by atoms with Gasteiger partial charge in [0.25, 0.3) is 0 Å². The van der Waals surface area contributed by atoms with E-state index < -0.39 is 0 Å². The molecule has 0 aromatic heterocycles. The molecule has 0 aliphatic heterocycles. The Hall–Kier alpha value is -2.88. The normalized spacial score (nSPS) is 11.6. The van der Waals surface area contributed by atoms with Crippen LogP contribution >= 0.6 is 0 Å². The first kappa shape index (κ1) is 21.4. The second-order valence-electron chi connectivity index (χ2n) is 7.79. The van der Waals surface area contributed by atoms with E-state index in [9.17, 15) is 14.7 Å². The van der Waals surface area contributed by atoms with E-state index in [2.05, 4.69) is 20.8 Å². The molecule has 0 radical (unpaired) electrons. The molecule has 0 spiro atoms. The number of hydrogen-bond acceptors (Lipinski definition) is 4. The summed E-state index contributed by atoms with van der Waals surface area (Å²) in [6.07, 6.45) is 4.85. The lowest BCUT2D eigenvalue weighted by Gasteiger charge is -2.20. The number of ether oxygens (including phenoxy) is 1. The first-order chi connectivity index (χ1) is 13.2. The van der Waals surface area contributed by atoms with Gasteiger partial charge in [0.15, 0.2) is 5.78 Å². The van der Waals surface area contributed by atoms with E-state index in [1.807, 2.05) is 13.0 Å². The van der Waals surface area contributed by atoms with Crippen LogP contribution < -0.4 is 0 Å². The molecule has 0 saturated carbocycles. The SMILES string of the molecule is CCCCOC(=O)/C=C/c1ccc(C(=O)c2cc(C(C)(C)C)ccc2O)cc1. The largest absolute Gasteiger partial charge is 0.507 e. The maximum atomic E-state index is 12.8. The molecule has 0 amide bonds. The van der Waals surface area contributed by atoms with E-state index in [-0.39, 0.29) is 28.5 Å². The zero-order chi connectivity index (χ0) is 20.7. The third kappa shape index (κ3) is 5.81. The van der Waals surface area contributed by atoms with Gasteiger partial charge in [0.1, 0.15) is 5.75 Å². The summed E-state index contributed by atoms with van der Waals surface area (Å²) >= 11 is 0. The Morgan fingerprint density at radius 2 is 1.75 bits per heavy atom. The lowest BCUT2D eigenvalue weighted by molar-refractivity contribution is -0.137. The molecule has 2 aromatic carbocycles. The topological polar surface area (TPSA) is 63.6 Å². The predicted molar refractivity (Wildman–Crippen MR) is 112 cm³/mol. The molecule has 4 nitrogen and oxygen atoms in total. The number of carbonyl (C=O) groups is 2. The number of esters is 1. The highest BCUT2D eigenvalue weighted by atomic mass is 16.5. The number of hydrogen-bond donors (Lipinski definition) is 1. The van der Waals surface area contributed by atoms with Crippen LogP contribution in [0.4, 0.5) is 0 Å². The summed E-state index contributed by atoms with van der Waals surface area (Å²) in [5.74, 6) is -0.646. The zero-order valence-electron chi connectivity index (χ0n) is 17.0. The van der Waals surface area contributed by atoms with Gasteiger partial charge in [-0.2, -0.15) is 0 Å². The molecule has 4 heteroatoms. The number of carbonyl (C=O) groups excluding carboxylic acids is 2. The third-order valence-corrected chi connectivity index (χ3v) is 4.43. The van der Waals surface area contributed by atoms with Crippen LogP contribution in [-0.2, 0) is 14.9 Å². The molecule has 0 bridgehead atoms. The molecule has 0 unspecified atom stereocenters. The molecule has 0 fully saturated rings. The minimum Gasteiger partial charge on any atom is -0.507 e. The van der Waals surface area contributed by atoms with E-state index in [1.54, 1.807) is 42.5 Å². The number of rotatable bonds is 7. The Morgan fingerprint density at radius 3 is 2.36 bits per heavy atom. The van der Waals surface area contributed by atoms with Crippen LogP contribution in [0.3, 0.4) is 0 Å². The summed E-state index contributed by atoms with van der Waals surface area (Å²) < 4.78 is 5.07. The molecule has 148 valence electrons. The molecular formula is C24H28O4. The maximum absolute atomic E-state index is 12.8. The third-order valence-electron chi connectivity index (χ3n) is 4.43. The van der Waals surface area contributed by atoms with Crippen LogP contribution in [0.15, 0.2) is 48.5 Å². The summed E-state index contributed by atoms with van der Waals surface area (Å²) in [6.45, 7) is 8.63. The van der Waals surface area contributed by atoms with Gasteiger partial charge in [-0.05, 0) is 41.2 Å². The molecule has 0 atom stereocenters. The minimum absolute atomic E-state index is 0.0307. The van der Waals surface area contributed by atoms with Crippen molar-refractivity contribution in [1.82, 2.24) is 0 Å².